The SMILES string of the molecule is C[C@@H]1CN(CCO)CCN1c1ncc(B2OC(C)(C)C(C)(C)O2)cn1. The van der Waals surface area contributed by atoms with E-state index >= 15 is 0 Å². The third-order valence-electron chi connectivity index (χ3n) is 5.57. The molecule has 1 aromatic rings. The van der Waals surface area contributed by atoms with E-state index in [2.05, 4.69) is 26.7 Å². The van der Waals surface area contributed by atoms with Gasteiger partial charge in [-0.25, -0.2) is 9.97 Å². The second-order valence-electron chi connectivity index (χ2n) is 7.97. The average Bonchev–Trinajstić information content (AvgIpc) is 2.76. The fourth-order valence-electron chi connectivity index (χ4n) is 3.26. The van der Waals surface area contributed by atoms with Gasteiger partial charge in [0.05, 0.1) is 17.8 Å². The Balaban J connectivity index is 1.67. The molecule has 0 radical (unpaired) electrons. The van der Waals surface area contributed by atoms with Gasteiger partial charge in [0.1, 0.15) is 0 Å². The van der Waals surface area contributed by atoms with Crippen LogP contribution in [0.5, 0.6) is 0 Å². The van der Waals surface area contributed by atoms with Crippen molar-refractivity contribution in [2.75, 3.05) is 37.7 Å². The molecule has 3 heterocycles. The Hall–Kier alpha value is -1.22. The molecule has 25 heavy (non-hydrogen) atoms. The summed E-state index contributed by atoms with van der Waals surface area (Å²) in [4.78, 5) is 13.6. The number of anilines is 1. The third-order valence-corrected chi connectivity index (χ3v) is 5.57. The fourth-order valence-corrected chi connectivity index (χ4v) is 3.26. The first-order valence-electron chi connectivity index (χ1n) is 9.01. The zero-order chi connectivity index (χ0) is 18.2. The van der Waals surface area contributed by atoms with Crippen LogP contribution in [0.15, 0.2) is 12.4 Å². The fraction of sp³-hybridized carbons (Fsp3) is 0.765. The zero-order valence-electron chi connectivity index (χ0n) is 15.9. The molecule has 0 aromatic carbocycles. The second kappa shape index (κ2) is 6.83. The summed E-state index contributed by atoms with van der Waals surface area (Å²) in [6, 6.07) is 0.308. The van der Waals surface area contributed by atoms with Crippen molar-refractivity contribution in [2.24, 2.45) is 0 Å². The predicted molar refractivity (Wildman–Crippen MR) is 98.1 cm³/mol. The molecule has 0 bridgehead atoms. The maximum atomic E-state index is 9.09. The molecular formula is C17H29BN4O3. The number of rotatable bonds is 4. The van der Waals surface area contributed by atoms with Crippen LogP contribution in [0.2, 0.25) is 0 Å². The number of hydrogen-bond donors (Lipinski definition) is 1. The van der Waals surface area contributed by atoms with Gasteiger partial charge in [0, 0.05) is 50.1 Å². The lowest BCUT2D eigenvalue weighted by atomic mass is 9.81. The van der Waals surface area contributed by atoms with Crippen molar-refractivity contribution < 1.29 is 14.4 Å². The van der Waals surface area contributed by atoms with E-state index in [0.717, 1.165) is 37.6 Å². The molecule has 2 aliphatic heterocycles. The molecule has 1 aromatic heterocycles. The Labute approximate surface area is 150 Å². The first-order valence-corrected chi connectivity index (χ1v) is 9.01. The van der Waals surface area contributed by atoms with Crippen molar-refractivity contribution in [3.63, 3.8) is 0 Å². The Kier molecular flexibility index (Phi) is 5.08. The number of β-amino-alcohol motifs (C(OH)–C–C–N with tert-alkyl or cyclic N) is 1. The minimum absolute atomic E-state index is 0.200. The van der Waals surface area contributed by atoms with Gasteiger partial charge in [-0.1, -0.05) is 0 Å². The van der Waals surface area contributed by atoms with Gasteiger partial charge in [0.25, 0.3) is 0 Å². The number of hydrogen-bond acceptors (Lipinski definition) is 7. The highest BCUT2D eigenvalue weighted by Gasteiger charge is 2.52. The van der Waals surface area contributed by atoms with E-state index in [4.69, 9.17) is 14.4 Å². The smallest absolute Gasteiger partial charge is 0.399 e. The summed E-state index contributed by atoms with van der Waals surface area (Å²) in [5.74, 6) is 0.733. The molecule has 2 saturated heterocycles. The zero-order valence-corrected chi connectivity index (χ0v) is 15.9. The third kappa shape index (κ3) is 3.67. The number of aromatic nitrogens is 2. The lowest BCUT2D eigenvalue weighted by Gasteiger charge is -2.39. The van der Waals surface area contributed by atoms with Crippen LogP contribution in [0.4, 0.5) is 5.95 Å². The molecule has 0 saturated carbocycles. The van der Waals surface area contributed by atoms with E-state index in [-0.39, 0.29) is 17.8 Å². The van der Waals surface area contributed by atoms with Crippen LogP contribution in [0.1, 0.15) is 34.6 Å². The van der Waals surface area contributed by atoms with Gasteiger partial charge in [0.2, 0.25) is 5.95 Å². The van der Waals surface area contributed by atoms with E-state index < -0.39 is 7.12 Å². The molecule has 0 unspecified atom stereocenters. The second-order valence-corrected chi connectivity index (χ2v) is 7.97. The average molecular weight is 348 g/mol. The summed E-state index contributed by atoms with van der Waals surface area (Å²) in [6.07, 6.45) is 3.61. The van der Waals surface area contributed by atoms with Crippen LogP contribution < -0.4 is 10.4 Å². The van der Waals surface area contributed by atoms with Crippen molar-refractivity contribution >= 4 is 18.5 Å². The molecule has 0 amide bonds. The molecule has 3 rings (SSSR count). The number of aliphatic hydroxyl groups is 1. The van der Waals surface area contributed by atoms with Gasteiger partial charge >= 0.3 is 7.12 Å². The Morgan fingerprint density at radius 3 is 2.28 bits per heavy atom. The largest absolute Gasteiger partial charge is 0.498 e. The first-order chi connectivity index (χ1) is 11.7. The van der Waals surface area contributed by atoms with Crippen LogP contribution >= 0.6 is 0 Å². The molecule has 7 nitrogen and oxygen atoms in total. The maximum absolute atomic E-state index is 9.09. The molecule has 2 aliphatic rings. The van der Waals surface area contributed by atoms with E-state index in [1.165, 1.54) is 0 Å². The van der Waals surface area contributed by atoms with Gasteiger partial charge < -0.3 is 19.3 Å². The molecule has 8 heteroatoms. The van der Waals surface area contributed by atoms with Gasteiger partial charge in [-0.15, -0.1) is 0 Å². The molecular weight excluding hydrogens is 319 g/mol. The Morgan fingerprint density at radius 2 is 1.76 bits per heavy atom. The quantitative estimate of drug-likeness (QED) is 0.784. The monoisotopic (exact) mass is 348 g/mol. The summed E-state index contributed by atoms with van der Waals surface area (Å²) in [5.41, 5.74) is 0.107. The van der Waals surface area contributed by atoms with Crippen LogP contribution in [-0.2, 0) is 9.31 Å². The van der Waals surface area contributed by atoms with Crippen LogP contribution in [0, 0.1) is 0 Å². The van der Waals surface area contributed by atoms with Crippen molar-refractivity contribution in [1.29, 1.82) is 0 Å². The minimum Gasteiger partial charge on any atom is -0.399 e. The molecule has 138 valence electrons. The molecule has 0 aliphatic carbocycles. The molecule has 2 fully saturated rings. The highest BCUT2D eigenvalue weighted by Crippen LogP contribution is 2.36. The van der Waals surface area contributed by atoms with Crippen molar-refractivity contribution in [1.82, 2.24) is 14.9 Å². The van der Waals surface area contributed by atoms with E-state index in [1.54, 1.807) is 12.4 Å². The molecule has 0 spiro atoms. The first kappa shape index (κ1) is 18.6. The van der Waals surface area contributed by atoms with Crippen LogP contribution in [0.3, 0.4) is 0 Å². The highest BCUT2D eigenvalue weighted by molar-refractivity contribution is 6.61. The summed E-state index contributed by atoms with van der Waals surface area (Å²) >= 11 is 0. The topological polar surface area (TPSA) is 71.0 Å². The Morgan fingerprint density at radius 1 is 1.16 bits per heavy atom. The highest BCUT2D eigenvalue weighted by atomic mass is 16.7. The van der Waals surface area contributed by atoms with Gasteiger partial charge in [-0.05, 0) is 34.6 Å². The van der Waals surface area contributed by atoms with Gasteiger partial charge in [-0.3, -0.25) is 4.90 Å². The van der Waals surface area contributed by atoms with E-state index in [1.807, 2.05) is 27.7 Å². The normalized spacial score (nSPS) is 26.2. The number of nitrogens with zero attached hydrogens (tertiary/aromatic N) is 4. The number of aliphatic hydroxyl groups excluding tert-OH is 1. The van der Waals surface area contributed by atoms with Crippen molar-refractivity contribution in [2.45, 2.75) is 51.9 Å². The van der Waals surface area contributed by atoms with Crippen LogP contribution in [-0.4, -0.2) is 77.1 Å². The predicted octanol–water partition coefficient (Wildman–Crippen LogP) is 0.279. The van der Waals surface area contributed by atoms with Crippen molar-refractivity contribution in [3.8, 4) is 0 Å². The summed E-state index contributed by atoms with van der Waals surface area (Å²) < 4.78 is 12.1. The van der Waals surface area contributed by atoms with Crippen LogP contribution in [0.25, 0.3) is 0 Å². The summed E-state index contributed by atoms with van der Waals surface area (Å²) in [5, 5.41) is 9.09. The Bertz CT molecular complexity index is 580. The van der Waals surface area contributed by atoms with Gasteiger partial charge in [-0.2, -0.15) is 0 Å². The van der Waals surface area contributed by atoms with Crippen molar-refractivity contribution in [3.05, 3.63) is 12.4 Å². The summed E-state index contributed by atoms with van der Waals surface area (Å²) in [7, 11) is -0.433. The molecule has 1 atom stereocenters. The lowest BCUT2D eigenvalue weighted by Crippen LogP contribution is -2.53. The minimum atomic E-state index is -0.433. The van der Waals surface area contributed by atoms with Gasteiger partial charge in [0.15, 0.2) is 0 Å². The van der Waals surface area contributed by atoms with E-state index in [0.29, 0.717) is 6.04 Å². The number of piperazine rings is 1. The lowest BCUT2D eigenvalue weighted by molar-refractivity contribution is 0.00578. The standard InChI is InChI=1S/C17H29BN4O3/c1-13-12-21(8-9-23)6-7-22(13)15-19-10-14(11-20-15)18-24-16(2,3)17(4,5)25-18/h10-11,13,23H,6-9,12H2,1-5H3/t13-/m1/s1. The summed E-state index contributed by atoms with van der Waals surface area (Å²) in [6.45, 7) is 13.9. The maximum Gasteiger partial charge on any atom is 0.498 e. The molecule has 1 N–H and O–H groups in total. The van der Waals surface area contributed by atoms with E-state index in [9.17, 15) is 0 Å².